The molecule has 152 valence electrons. The molecule has 0 aliphatic rings. The van der Waals surface area contributed by atoms with Crippen LogP contribution in [0.15, 0.2) is 52.9 Å². The number of carbonyl (C=O) groups excluding carboxylic acids is 1. The van der Waals surface area contributed by atoms with E-state index in [9.17, 15) is 4.79 Å². The molecule has 1 N–H and O–H groups in total. The molecule has 0 spiro atoms. The summed E-state index contributed by atoms with van der Waals surface area (Å²) in [7, 11) is 0. The molecule has 30 heavy (non-hydrogen) atoms. The zero-order chi connectivity index (χ0) is 21.1. The van der Waals surface area contributed by atoms with E-state index in [4.69, 9.17) is 0 Å². The van der Waals surface area contributed by atoms with Crippen molar-refractivity contribution in [2.75, 3.05) is 5.32 Å². The molecule has 4 rings (SSSR count). The molecule has 2 heterocycles. The SMILES string of the molecule is Cc1ccc(-n2nc(C)c(C(=O)Nc3nnc(SCc4ccccc4)s3)n2)c(C)c1. The fourth-order valence-electron chi connectivity index (χ4n) is 2.92. The molecular weight excluding hydrogens is 416 g/mol. The van der Waals surface area contributed by atoms with Crippen molar-refractivity contribution in [3.8, 4) is 5.69 Å². The van der Waals surface area contributed by atoms with Crippen molar-refractivity contribution in [2.45, 2.75) is 30.9 Å². The number of rotatable bonds is 6. The molecule has 0 aliphatic carbocycles. The second kappa shape index (κ2) is 8.76. The van der Waals surface area contributed by atoms with Gasteiger partial charge in [-0.3, -0.25) is 10.1 Å². The number of anilines is 1. The van der Waals surface area contributed by atoms with E-state index in [-0.39, 0.29) is 11.6 Å². The fraction of sp³-hybridized carbons (Fsp3) is 0.190. The molecule has 0 saturated heterocycles. The van der Waals surface area contributed by atoms with E-state index in [2.05, 4.69) is 43.9 Å². The first kappa shape index (κ1) is 20.2. The lowest BCUT2D eigenvalue weighted by molar-refractivity contribution is 0.102. The molecule has 0 atom stereocenters. The quantitative estimate of drug-likeness (QED) is 0.351. The Kier molecular flexibility index (Phi) is 5.91. The lowest BCUT2D eigenvalue weighted by atomic mass is 10.1. The minimum Gasteiger partial charge on any atom is -0.295 e. The third kappa shape index (κ3) is 4.58. The van der Waals surface area contributed by atoms with E-state index >= 15 is 0 Å². The predicted molar refractivity (Wildman–Crippen MR) is 119 cm³/mol. The van der Waals surface area contributed by atoms with Gasteiger partial charge in [0.05, 0.1) is 11.4 Å². The Morgan fingerprint density at radius 1 is 1.07 bits per heavy atom. The second-order valence-electron chi connectivity index (χ2n) is 6.81. The van der Waals surface area contributed by atoms with Crippen LogP contribution in [0.4, 0.5) is 5.13 Å². The van der Waals surface area contributed by atoms with Crippen LogP contribution >= 0.6 is 23.1 Å². The number of hydrogen-bond donors (Lipinski definition) is 1. The largest absolute Gasteiger partial charge is 0.295 e. The number of aryl methyl sites for hydroxylation is 3. The number of aromatic nitrogens is 5. The van der Waals surface area contributed by atoms with Crippen LogP contribution in [0, 0.1) is 20.8 Å². The van der Waals surface area contributed by atoms with E-state index in [1.807, 2.05) is 44.2 Å². The molecule has 2 aromatic carbocycles. The van der Waals surface area contributed by atoms with Gasteiger partial charge in [0.1, 0.15) is 0 Å². The Labute approximate surface area is 182 Å². The summed E-state index contributed by atoms with van der Waals surface area (Å²) in [4.78, 5) is 14.2. The van der Waals surface area contributed by atoms with Gasteiger partial charge in [-0.1, -0.05) is 71.1 Å². The highest BCUT2D eigenvalue weighted by atomic mass is 32.2. The summed E-state index contributed by atoms with van der Waals surface area (Å²) in [5, 5.41) is 20.2. The third-order valence-electron chi connectivity index (χ3n) is 4.40. The van der Waals surface area contributed by atoms with Gasteiger partial charge in [0, 0.05) is 5.75 Å². The third-order valence-corrected chi connectivity index (χ3v) is 6.44. The minimum atomic E-state index is -0.348. The van der Waals surface area contributed by atoms with E-state index < -0.39 is 0 Å². The Morgan fingerprint density at radius 3 is 2.63 bits per heavy atom. The van der Waals surface area contributed by atoms with Crippen molar-refractivity contribution in [1.82, 2.24) is 25.2 Å². The van der Waals surface area contributed by atoms with Crippen molar-refractivity contribution in [2.24, 2.45) is 0 Å². The molecular formula is C21H20N6OS2. The zero-order valence-corrected chi connectivity index (χ0v) is 18.4. The van der Waals surface area contributed by atoms with E-state index in [1.165, 1.54) is 21.7 Å². The molecule has 4 aromatic rings. The first-order chi connectivity index (χ1) is 14.5. The monoisotopic (exact) mass is 436 g/mol. The standard InChI is InChI=1S/C21H20N6OS2/c1-13-9-10-17(14(2)11-13)27-25-15(3)18(26-27)19(28)22-20-23-24-21(30-20)29-12-16-7-5-4-6-8-16/h4-11H,12H2,1-3H3,(H,22,23,28). The van der Waals surface area contributed by atoms with E-state index in [0.717, 1.165) is 26.9 Å². The number of nitrogens with zero attached hydrogens (tertiary/aromatic N) is 5. The first-order valence-corrected chi connectivity index (χ1v) is 11.1. The predicted octanol–water partition coefficient (Wildman–Crippen LogP) is 4.59. The maximum atomic E-state index is 12.7. The van der Waals surface area contributed by atoms with Crippen molar-refractivity contribution in [3.05, 3.63) is 76.6 Å². The minimum absolute atomic E-state index is 0.267. The van der Waals surface area contributed by atoms with Gasteiger partial charge in [0.15, 0.2) is 10.0 Å². The molecule has 0 radical (unpaired) electrons. The number of nitrogens with one attached hydrogen (secondary N) is 1. The molecule has 7 nitrogen and oxygen atoms in total. The Hall–Kier alpha value is -3.04. The Balaban J connectivity index is 1.44. The van der Waals surface area contributed by atoms with Crippen molar-refractivity contribution < 1.29 is 4.79 Å². The number of benzene rings is 2. The van der Waals surface area contributed by atoms with Crippen LogP contribution in [0.3, 0.4) is 0 Å². The van der Waals surface area contributed by atoms with Gasteiger partial charge >= 0.3 is 0 Å². The van der Waals surface area contributed by atoms with Gasteiger partial charge in [-0.15, -0.1) is 15.3 Å². The maximum Gasteiger partial charge on any atom is 0.279 e. The van der Waals surface area contributed by atoms with Crippen LogP contribution in [-0.4, -0.2) is 31.1 Å². The number of thioether (sulfide) groups is 1. The Bertz CT molecular complexity index is 1190. The summed E-state index contributed by atoms with van der Waals surface area (Å²) in [6, 6.07) is 16.2. The van der Waals surface area contributed by atoms with Gasteiger partial charge in [0.25, 0.3) is 5.91 Å². The van der Waals surface area contributed by atoms with Crippen molar-refractivity contribution >= 4 is 34.1 Å². The van der Waals surface area contributed by atoms with Gasteiger partial charge in [-0.25, -0.2) is 0 Å². The summed E-state index contributed by atoms with van der Waals surface area (Å²) >= 11 is 2.93. The maximum absolute atomic E-state index is 12.7. The molecule has 0 saturated carbocycles. The van der Waals surface area contributed by atoms with Crippen LogP contribution < -0.4 is 5.32 Å². The first-order valence-electron chi connectivity index (χ1n) is 9.33. The Morgan fingerprint density at radius 2 is 1.87 bits per heavy atom. The summed E-state index contributed by atoms with van der Waals surface area (Å²) in [5.41, 5.74) is 5.08. The summed E-state index contributed by atoms with van der Waals surface area (Å²) in [6.07, 6.45) is 0. The van der Waals surface area contributed by atoms with Crippen LogP contribution in [0.2, 0.25) is 0 Å². The molecule has 2 aromatic heterocycles. The molecule has 0 unspecified atom stereocenters. The van der Waals surface area contributed by atoms with Gasteiger partial charge in [-0.2, -0.15) is 9.90 Å². The number of carbonyl (C=O) groups is 1. The highest BCUT2D eigenvalue weighted by Gasteiger charge is 2.19. The average molecular weight is 437 g/mol. The van der Waals surface area contributed by atoms with E-state index in [1.54, 1.807) is 18.7 Å². The summed E-state index contributed by atoms with van der Waals surface area (Å²) < 4.78 is 0.796. The highest BCUT2D eigenvalue weighted by Crippen LogP contribution is 2.28. The normalized spacial score (nSPS) is 10.9. The van der Waals surface area contributed by atoms with Crippen LogP contribution in [0.5, 0.6) is 0 Å². The number of hydrogen-bond acceptors (Lipinski definition) is 7. The van der Waals surface area contributed by atoms with Crippen LogP contribution in [-0.2, 0) is 5.75 Å². The second-order valence-corrected chi connectivity index (χ2v) is 9.01. The molecule has 0 bridgehead atoms. The topological polar surface area (TPSA) is 85.6 Å². The number of amides is 1. The van der Waals surface area contributed by atoms with Crippen LogP contribution in [0.1, 0.15) is 32.9 Å². The van der Waals surface area contributed by atoms with Gasteiger partial charge < -0.3 is 0 Å². The van der Waals surface area contributed by atoms with Gasteiger partial charge in [-0.05, 0) is 38.0 Å². The summed E-state index contributed by atoms with van der Waals surface area (Å²) in [6.45, 7) is 5.80. The smallest absolute Gasteiger partial charge is 0.279 e. The fourth-order valence-corrected chi connectivity index (χ4v) is 4.62. The molecule has 0 aliphatic heterocycles. The van der Waals surface area contributed by atoms with E-state index in [0.29, 0.717) is 10.8 Å². The summed E-state index contributed by atoms with van der Waals surface area (Å²) in [5.74, 6) is 0.450. The molecule has 0 fully saturated rings. The highest BCUT2D eigenvalue weighted by molar-refractivity contribution is 8.00. The average Bonchev–Trinajstić information content (AvgIpc) is 3.33. The molecule has 1 amide bonds. The van der Waals surface area contributed by atoms with Crippen LogP contribution in [0.25, 0.3) is 5.69 Å². The lowest BCUT2D eigenvalue weighted by Crippen LogP contribution is -2.14. The lowest BCUT2D eigenvalue weighted by Gasteiger charge is -2.04. The van der Waals surface area contributed by atoms with Gasteiger partial charge in [0.2, 0.25) is 5.13 Å². The van der Waals surface area contributed by atoms with Crippen molar-refractivity contribution in [3.63, 3.8) is 0 Å². The van der Waals surface area contributed by atoms with Crippen molar-refractivity contribution in [1.29, 1.82) is 0 Å². The zero-order valence-electron chi connectivity index (χ0n) is 16.8. The molecule has 9 heteroatoms.